The molecule has 0 aromatic heterocycles. The first-order chi connectivity index (χ1) is 7.79. The Hall–Kier alpha value is -0.0800. The molecule has 0 bridgehead atoms. The summed E-state index contributed by atoms with van der Waals surface area (Å²) in [6.45, 7) is 9.56. The van der Waals surface area contributed by atoms with Crippen molar-refractivity contribution in [2.45, 2.75) is 52.4 Å². The lowest BCUT2D eigenvalue weighted by Crippen LogP contribution is -2.18. The van der Waals surface area contributed by atoms with Crippen molar-refractivity contribution >= 4 is 0 Å². The summed E-state index contributed by atoms with van der Waals surface area (Å²) in [5, 5.41) is 6.99. The molecule has 0 aliphatic carbocycles. The van der Waals surface area contributed by atoms with E-state index in [1.54, 1.807) is 0 Å². The highest BCUT2D eigenvalue weighted by molar-refractivity contribution is 4.71. The van der Waals surface area contributed by atoms with E-state index in [1.165, 1.54) is 64.7 Å². The smallest absolute Gasteiger partial charge is 0.00200 e. The van der Waals surface area contributed by atoms with E-state index in [0.717, 1.165) is 11.8 Å². The van der Waals surface area contributed by atoms with Crippen LogP contribution in [0.15, 0.2) is 0 Å². The van der Waals surface area contributed by atoms with E-state index in [2.05, 4.69) is 24.5 Å². The third kappa shape index (κ3) is 7.24. The molecule has 96 valence electrons. The van der Waals surface area contributed by atoms with Gasteiger partial charge in [0.2, 0.25) is 0 Å². The minimum Gasteiger partial charge on any atom is -0.317 e. The first kappa shape index (κ1) is 14.0. The molecule has 2 nitrogen and oxygen atoms in total. The Bertz CT molecular complexity index is 151. The second-order valence-electron chi connectivity index (χ2n) is 5.64. The van der Waals surface area contributed by atoms with E-state index in [-0.39, 0.29) is 0 Å². The van der Waals surface area contributed by atoms with Gasteiger partial charge in [0.1, 0.15) is 0 Å². The summed E-state index contributed by atoms with van der Waals surface area (Å²) in [6.07, 6.45) is 8.28. The Balaban J connectivity index is 1.74. The lowest BCUT2D eigenvalue weighted by molar-refractivity contribution is 0.480. The zero-order chi connectivity index (χ0) is 11.6. The number of hydrogen-bond donors (Lipinski definition) is 2. The Morgan fingerprint density at radius 1 is 1.19 bits per heavy atom. The van der Waals surface area contributed by atoms with Crippen LogP contribution in [0.1, 0.15) is 52.4 Å². The van der Waals surface area contributed by atoms with Gasteiger partial charge in [0.05, 0.1) is 0 Å². The molecule has 1 aliphatic heterocycles. The van der Waals surface area contributed by atoms with Crippen molar-refractivity contribution in [2.75, 3.05) is 26.2 Å². The molecular formula is C14H30N2. The van der Waals surface area contributed by atoms with Gasteiger partial charge in [-0.3, -0.25) is 0 Å². The summed E-state index contributed by atoms with van der Waals surface area (Å²) in [6, 6.07) is 0. The fraction of sp³-hybridized carbons (Fsp3) is 1.00. The van der Waals surface area contributed by atoms with Crippen molar-refractivity contribution in [3.05, 3.63) is 0 Å². The van der Waals surface area contributed by atoms with Crippen LogP contribution < -0.4 is 10.6 Å². The van der Waals surface area contributed by atoms with Gasteiger partial charge in [-0.1, -0.05) is 26.7 Å². The molecule has 2 N–H and O–H groups in total. The highest BCUT2D eigenvalue weighted by atomic mass is 14.9. The van der Waals surface area contributed by atoms with Crippen molar-refractivity contribution in [3.63, 3.8) is 0 Å². The van der Waals surface area contributed by atoms with Crippen LogP contribution in [0.2, 0.25) is 0 Å². The maximum Gasteiger partial charge on any atom is -0.00200 e. The van der Waals surface area contributed by atoms with Crippen LogP contribution in [0.3, 0.4) is 0 Å². The molecule has 1 atom stereocenters. The topological polar surface area (TPSA) is 24.1 Å². The van der Waals surface area contributed by atoms with E-state index in [9.17, 15) is 0 Å². The molecule has 16 heavy (non-hydrogen) atoms. The standard InChI is InChI=1S/C14H30N2/c1-13(2)6-3-4-9-15-10-5-7-14-8-11-16-12-14/h13-16H,3-12H2,1-2H3. The van der Waals surface area contributed by atoms with Crippen molar-refractivity contribution < 1.29 is 0 Å². The van der Waals surface area contributed by atoms with Gasteiger partial charge in [-0.2, -0.15) is 0 Å². The van der Waals surface area contributed by atoms with Crippen LogP contribution in [-0.4, -0.2) is 26.2 Å². The lowest BCUT2D eigenvalue weighted by atomic mass is 10.0. The van der Waals surface area contributed by atoms with Crippen LogP contribution in [-0.2, 0) is 0 Å². The third-order valence-corrected chi connectivity index (χ3v) is 3.51. The number of rotatable bonds is 9. The van der Waals surface area contributed by atoms with Crippen LogP contribution in [0, 0.1) is 11.8 Å². The van der Waals surface area contributed by atoms with E-state index >= 15 is 0 Å². The predicted molar refractivity (Wildman–Crippen MR) is 71.8 cm³/mol. The molecule has 1 rings (SSSR count). The summed E-state index contributed by atoms with van der Waals surface area (Å²) in [5.41, 5.74) is 0. The first-order valence-corrected chi connectivity index (χ1v) is 7.20. The molecular weight excluding hydrogens is 196 g/mol. The molecule has 0 aromatic carbocycles. The van der Waals surface area contributed by atoms with Gasteiger partial charge in [0.15, 0.2) is 0 Å². The van der Waals surface area contributed by atoms with E-state index in [4.69, 9.17) is 0 Å². The van der Waals surface area contributed by atoms with Gasteiger partial charge in [-0.25, -0.2) is 0 Å². The summed E-state index contributed by atoms with van der Waals surface area (Å²) in [7, 11) is 0. The fourth-order valence-corrected chi connectivity index (χ4v) is 2.40. The van der Waals surface area contributed by atoms with Gasteiger partial charge >= 0.3 is 0 Å². The lowest BCUT2D eigenvalue weighted by Gasteiger charge is -2.09. The van der Waals surface area contributed by atoms with Crippen molar-refractivity contribution in [1.82, 2.24) is 10.6 Å². The first-order valence-electron chi connectivity index (χ1n) is 7.20. The molecule has 0 aromatic rings. The Kier molecular flexibility index (Phi) is 7.87. The highest BCUT2D eigenvalue weighted by Crippen LogP contribution is 2.13. The van der Waals surface area contributed by atoms with Gasteiger partial charge in [-0.15, -0.1) is 0 Å². The molecule has 1 aliphatic rings. The third-order valence-electron chi connectivity index (χ3n) is 3.51. The van der Waals surface area contributed by atoms with E-state index in [1.807, 2.05) is 0 Å². The quantitative estimate of drug-likeness (QED) is 0.591. The average Bonchev–Trinajstić information content (AvgIpc) is 2.74. The summed E-state index contributed by atoms with van der Waals surface area (Å²) in [5.74, 6) is 1.83. The molecule has 0 radical (unpaired) electrons. The summed E-state index contributed by atoms with van der Waals surface area (Å²) >= 11 is 0. The second-order valence-corrected chi connectivity index (χ2v) is 5.64. The van der Waals surface area contributed by atoms with Crippen LogP contribution in [0.5, 0.6) is 0 Å². The monoisotopic (exact) mass is 226 g/mol. The zero-order valence-electron chi connectivity index (χ0n) is 11.2. The molecule has 1 fully saturated rings. The largest absolute Gasteiger partial charge is 0.317 e. The van der Waals surface area contributed by atoms with Crippen molar-refractivity contribution in [1.29, 1.82) is 0 Å². The van der Waals surface area contributed by atoms with Crippen LogP contribution >= 0.6 is 0 Å². The molecule has 0 amide bonds. The second kappa shape index (κ2) is 9.00. The Labute approximate surface area is 102 Å². The molecule has 0 saturated carbocycles. The van der Waals surface area contributed by atoms with E-state index < -0.39 is 0 Å². The molecule has 1 saturated heterocycles. The Morgan fingerprint density at radius 2 is 2.00 bits per heavy atom. The average molecular weight is 226 g/mol. The number of unbranched alkanes of at least 4 members (excludes halogenated alkanes) is 1. The molecule has 0 spiro atoms. The highest BCUT2D eigenvalue weighted by Gasteiger charge is 2.12. The minimum atomic E-state index is 0.870. The molecule has 2 heteroatoms. The number of nitrogens with one attached hydrogen (secondary N) is 2. The fourth-order valence-electron chi connectivity index (χ4n) is 2.40. The van der Waals surface area contributed by atoms with Crippen LogP contribution in [0.25, 0.3) is 0 Å². The molecule has 1 heterocycles. The normalized spacial score (nSPS) is 20.8. The van der Waals surface area contributed by atoms with Gasteiger partial charge in [-0.05, 0) is 63.7 Å². The van der Waals surface area contributed by atoms with Gasteiger partial charge in [0.25, 0.3) is 0 Å². The Morgan fingerprint density at radius 3 is 2.69 bits per heavy atom. The maximum absolute atomic E-state index is 3.56. The predicted octanol–water partition coefficient (Wildman–Crippen LogP) is 2.79. The van der Waals surface area contributed by atoms with E-state index in [0.29, 0.717) is 0 Å². The van der Waals surface area contributed by atoms with Gasteiger partial charge < -0.3 is 10.6 Å². The maximum atomic E-state index is 3.56. The van der Waals surface area contributed by atoms with Crippen molar-refractivity contribution in [2.24, 2.45) is 11.8 Å². The molecule has 1 unspecified atom stereocenters. The summed E-state index contributed by atoms with van der Waals surface area (Å²) in [4.78, 5) is 0. The number of hydrogen-bond acceptors (Lipinski definition) is 2. The van der Waals surface area contributed by atoms with Crippen LogP contribution in [0.4, 0.5) is 0 Å². The van der Waals surface area contributed by atoms with Crippen molar-refractivity contribution in [3.8, 4) is 0 Å². The zero-order valence-corrected chi connectivity index (χ0v) is 11.2. The van der Waals surface area contributed by atoms with Gasteiger partial charge in [0, 0.05) is 0 Å². The minimum absolute atomic E-state index is 0.870. The SMILES string of the molecule is CC(C)CCCCNCCCC1CCNC1. The summed E-state index contributed by atoms with van der Waals surface area (Å²) < 4.78 is 0.